The summed E-state index contributed by atoms with van der Waals surface area (Å²) in [5.41, 5.74) is 33.9. The molecular formula is C135H88N6. The molecule has 6 nitrogen and oxygen atoms in total. The van der Waals surface area contributed by atoms with Crippen molar-refractivity contribution in [3.8, 4) is 129 Å². The van der Waals surface area contributed by atoms with Crippen LogP contribution in [0.3, 0.4) is 0 Å². The van der Waals surface area contributed by atoms with Crippen LogP contribution in [0.25, 0.3) is 259 Å². The molecule has 0 aliphatic carbocycles. The Kier molecular flexibility index (Phi) is 20.9. The van der Waals surface area contributed by atoms with Crippen molar-refractivity contribution < 1.29 is 0 Å². The van der Waals surface area contributed by atoms with Gasteiger partial charge in [-0.15, -0.1) is 0 Å². The van der Waals surface area contributed by atoms with Crippen LogP contribution in [-0.2, 0) is 0 Å². The number of para-hydroxylation sites is 6. The first-order chi connectivity index (χ1) is 70.0. The fraction of sp³-hybridized carbons (Fsp3) is 0. The predicted molar refractivity (Wildman–Crippen MR) is 595 cm³/mol. The number of rotatable bonds is 13. The summed E-state index contributed by atoms with van der Waals surface area (Å²) in [5.74, 6) is 0. The maximum atomic E-state index is 5.17. The van der Waals surface area contributed by atoms with Gasteiger partial charge < -0.3 is 13.7 Å². The Bertz CT molecular complexity index is 9490. The molecule has 0 amide bonds. The minimum Gasteiger partial charge on any atom is -0.309 e. The molecule has 0 unspecified atom stereocenters. The molecule has 6 heterocycles. The molecule has 0 aliphatic heterocycles. The Morgan fingerprint density at radius 2 is 0.355 bits per heavy atom. The minimum atomic E-state index is 0.977. The van der Waals surface area contributed by atoms with Gasteiger partial charge in [-0.25, -0.2) is 0 Å². The molecule has 0 saturated carbocycles. The first-order valence-electron chi connectivity index (χ1n) is 48.3. The predicted octanol–water partition coefficient (Wildman–Crippen LogP) is 36.1. The maximum Gasteiger partial charge on any atom is 0.0714 e. The zero-order valence-corrected chi connectivity index (χ0v) is 77.0. The average molecular weight is 1790 g/mol. The number of hydrogen-bond donors (Lipinski definition) is 0. The second kappa shape index (κ2) is 35.5. The standard InChI is InChI=1S/C49H32N2.2C43H28N2/c1-3-13-35(14-4-1)48-40-18-7-9-20-42(40)49(43-21-10-8-19-41(43)48)45-29-27-37(32-50-45)34-25-23-33(24-26-34)36-28-30-47-44(31-36)39-17-11-12-22-46(39)51(47)38-15-5-2-6-16-38;1-3-14-29(15-4-1)41-33-18-7-9-20-35(33)42(36-21-10-8-19-34(36)41)38-27-26-30(28-44-38)32-23-13-25-40-43(32)37-22-11-12-24-39(37)45(40)31-16-5-2-6-17-31;1-3-13-29(14-4-1)42-34-18-7-9-20-36(34)43(37-21-10-8-19-35(37)42)39-25-23-31(28-44-39)30-24-26-41-38(27-30)33-17-11-12-22-40(33)45(41)32-15-5-2-6-16-32/h1-32H;2*1-28H. The largest absolute Gasteiger partial charge is 0.309 e. The first-order valence-corrected chi connectivity index (χ1v) is 48.3. The Morgan fingerprint density at radius 1 is 0.128 bits per heavy atom. The lowest BCUT2D eigenvalue weighted by molar-refractivity contribution is 1.18. The van der Waals surface area contributed by atoms with E-state index in [1.54, 1.807) is 0 Å². The Hall–Kier alpha value is -18.8. The highest BCUT2D eigenvalue weighted by Gasteiger charge is 2.25. The van der Waals surface area contributed by atoms with Crippen molar-refractivity contribution in [1.29, 1.82) is 0 Å². The van der Waals surface area contributed by atoms with Gasteiger partial charge in [-0.1, -0.05) is 413 Å². The van der Waals surface area contributed by atoms with Gasteiger partial charge in [0.05, 0.1) is 50.2 Å². The number of pyridine rings is 3. The molecule has 0 N–H and O–H groups in total. The molecule has 0 atom stereocenters. The summed E-state index contributed by atoms with van der Waals surface area (Å²) in [6.45, 7) is 0. The highest BCUT2D eigenvalue weighted by atomic mass is 15.0. The van der Waals surface area contributed by atoms with Gasteiger partial charge in [-0.2, -0.15) is 0 Å². The molecule has 0 spiro atoms. The summed E-state index contributed by atoms with van der Waals surface area (Å²) in [7, 11) is 0. The molecule has 0 radical (unpaired) electrons. The number of nitrogens with zero attached hydrogens (tertiary/aromatic N) is 6. The van der Waals surface area contributed by atoms with Gasteiger partial charge in [0.25, 0.3) is 0 Å². The Labute approximate surface area is 815 Å². The number of benzene rings is 22. The quantitative estimate of drug-likeness (QED) is 0.108. The molecule has 0 aliphatic rings. The lowest BCUT2D eigenvalue weighted by Crippen LogP contribution is -1.93. The Morgan fingerprint density at radius 3 is 0.681 bits per heavy atom. The summed E-state index contributed by atoms with van der Waals surface area (Å²) in [6.07, 6.45) is 6.10. The summed E-state index contributed by atoms with van der Waals surface area (Å²) in [6, 6.07) is 185. The van der Waals surface area contributed by atoms with Gasteiger partial charge in [0.15, 0.2) is 0 Å². The molecule has 658 valence electrons. The fourth-order valence-corrected chi connectivity index (χ4v) is 22.1. The van der Waals surface area contributed by atoms with E-state index in [9.17, 15) is 0 Å². The van der Waals surface area contributed by atoms with E-state index >= 15 is 0 Å². The fourth-order valence-electron chi connectivity index (χ4n) is 22.1. The third-order valence-electron chi connectivity index (χ3n) is 28.3. The molecular weight excluding hydrogens is 1710 g/mol. The first kappa shape index (κ1) is 82.9. The lowest BCUT2D eigenvalue weighted by Gasteiger charge is -2.17. The topological polar surface area (TPSA) is 53.5 Å². The molecule has 28 aromatic rings. The van der Waals surface area contributed by atoms with E-state index in [2.05, 4.69) is 529 Å². The van der Waals surface area contributed by atoms with Crippen molar-refractivity contribution >= 4 is 130 Å². The van der Waals surface area contributed by atoms with Crippen molar-refractivity contribution in [2.75, 3.05) is 0 Å². The van der Waals surface area contributed by atoms with Crippen LogP contribution in [0.2, 0.25) is 0 Å². The van der Waals surface area contributed by atoms with E-state index in [4.69, 9.17) is 15.0 Å². The molecule has 22 aromatic carbocycles. The summed E-state index contributed by atoms with van der Waals surface area (Å²) in [4.78, 5) is 15.4. The van der Waals surface area contributed by atoms with Gasteiger partial charge in [0.1, 0.15) is 0 Å². The SMILES string of the molecule is c1ccc(-c2c3ccccc3c(-c3ccc(-c4ccc(-c5ccc6c(c5)c5ccccc5n6-c5ccccc5)cc4)cn3)c3ccccc23)cc1.c1ccc(-c2c3ccccc3c(-c3ccc(-c4ccc5c(c4)c4ccccc4n5-c4ccccc4)cn3)c3ccccc23)cc1.c1ccc(-c2c3ccccc3c(-c3ccc(-c4cccc5c4c4ccccc4n5-c4ccccc4)cn3)c3ccccc23)cc1. The van der Waals surface area contributed by atoms with Crippen LogP contribution in [0.1, 0.15) is 0 Å². The van der Waals surface area contributed by atoms with Crippen molar-refractivity contribution in [1.82, 2.24) is 28.7 Å². The van der Waals surface area contributed by atoms with Crippen molar-refractivity contribution in [3.63, 3.8) is 0 Å². The number of hydrogen-bond acceptors (Lipinski definition) is 3. The third kappa shape index (κ3) is 14.5. The van der Waals surface area contributed by atoms with Gasteiger partial charge in [0, 0.05) is 101 Å². The lowest BCUT2D eigenvalue weighted by atomic mass is 9.87. The van der Waals surface area contributed by atoms with E-state index in [1.165, 1.54) is 208 Å². The number of fused-ring (bicyclic) bond motifs is 15. The molecule has 6 heteroatoms. The van der Waals surface area contributed by atoms with Gasteiger partial charge in [0.2, 0.25) is 0 Å². The second-order valence-electron chi connectivity index (χ2n) is 36.2. The van der Waals surface area contributed by atoms with Crippen molar-refractivity contribution in [3.05, 3.63) is 534 Å². The zero-order chi connectivity index (χ0) is 93.2. The normalized spacial score (nSPS) is 11.5. The maximum absolute atomic E-state index is 5.17. The van der Waals surface area contributed by atoms with E-state index in [1.807, 2.05) is 18.6 Å². The highest BCUT2D eigenvalue weighted by Crippen LogP contribution is 2.50. The van der Waals surface area contributed by atoms with Gasteiger partial charge in [-0.3, -0.25) is 15.0 Å². The van der Waals surface area contributed by atoms with Crippen LogP contribution in [0, 0.1) is 0 Å². The number of aromatic nitrogens is 6. The molecule has 0 bridgehead atoms. The van der Waals surface area contributed by atoms with Crippen LogP contribution >= 0.6 is 0 Å². The van der Waals surface area contributed by atoms with E-state index in [0.717, 1.165) is 50.6 Å². The molecule has 6 aromatic heterocycles. The molecule has 0 saturated heterocycles. The molecule has 141 heavy (non-hydrogen) atoms. The average Bonchev–Trinajstić information content (AvgIpc) is 1.49. The van der Waals surface area contributed by atoms with Crippen molar-refractivity contribution in [2.45, 2.75) is 0 Å². The summed E-state index contributed by atoms with van der Waals surface area (Å²) < 4.78 is 7.07. The van der Waals surface area contributed by atoms with Crippen LogP contribution in [0.5, 0.6) is 0 Å². The van der Waals surface area contributed by atoms with E-state index < -0.39 is 0 Å². The van der Waals surface area contributed by atoms with E-state index in [0.29, 0.717) is 0 Å². The second-order valence-corrected chi connectivity index (χ2v) is 36.2. The van der Waals surface area contributed by atoms with Crippen LogP contribution in [-0.4, -0.2) is 28.7 Å². The van der Waals surface area contributed by atoms with Gasteiger partial charge in [-0.05, 0) is 229 Å². The Balaban J connectivity index is 0.000000109. The van der Waals surface area contributed by atoms with Crippen LogP contribution in [0.4, 0.5) is 0 Å². The summed E-state index contributed by atoms with van der Waals surface area (Å²) >= 11 is 0. The van der Waals surface area contributed by atoms with Crippen LogP contribution in [0.15, 0.2) is 534 Å². The molecule has 0 fully saturated rings. The zero-order valence-electron chi connectivity index (χ0n) is 77.0. The van der Waals surface area contributed by atoms with Crippen molar-refractivity contribution in [2.24, 2.45) is 0 Å². The monoisotopic (exact) mass is 1790 g/mol. The minimum absolute atomic E-state index is 0.977. The van der Waals surface area contributed by atoms with E-state index in [-0.39, 0.29) is 0 Å². The summed E-state index contributed by atoms with van der Waals surface area (Å²) in [5, 5.41) is 22.2. The highest BCUT2D eigenvalue weighted by molar-refractivity contribution is 6.25. The van der Waals surface area contributed by atoms with Crippen LogP contribution < -0.4 is 0 Å². The third-order valence-corrected chi connectivity index (χ3v) is 28.3. The van der Waals surface area contributed by atoms with Gasteiger partial charge >= 0.3 is 0 Å². The smallest absolute Gasteiger partial charge is 0.0714 e. The molecule has 28 rings (SSSR count).